The Morgan fingerprint density at radius 3 is 2.00 bits per heavy atom. The van der Waals surface area contributed by atoms with Gasteiger partial charge in [0.25, 0.3) is 0 Å². The highest BCUT2D eigenvalue weighted by atomic mass is 16.6. The van der Waals surface area contributed by atoms with E-state index in [1.165, 1.54) is 6.07 Å². The second-order valence-electron chi connectivity index (χ2n) is 5.03. The first kappa shape index (κ1) is 14.4. The first-order chi connectivity index (χ1) is 8.81. The molecule has 19 heavy (non-hydrogen) atoms. The number of benzene rings is 1. The van der Waals surface area contributed by atoms with E-state index in [0.29, 0.717) is 5.56 Å². The van der Waals surface area contributed by atoms with Gasteiger partial charge in [-0.05, 0) is 11.0 Å². The second kappa shape index (κ2) is 5.32. The van der Waals surface area contributed by atoms with E-state index < -0.39 is 10.6 Å². The van der Waals surface area contributed by atoms with Crippen LogP contribution in [-0.4, -0.2) is 4.92 Å². The zero-order valence-electron chi connectivity index (χ0n) is 11.0. The maximum Gasteiger partial charge on any atom is 0.363 e. The molecule has 0 N–H and O–H groups in total. The van der Waals surface area contributed by atoms with Gasteiger partial charge in [-0.25, -0.2) is 0 Å². The van der Waals surface area contributed by atoms with E-state index in [0.717, 1.165) is 5.56 Å². The molecule has 0 aliphatic rings. The fraction of sp³-hybridized carbons (Fsp3) is 0.286. The maximum atomic E-state index is 10.7. The highest BCUT2D eigenvalue weighted by molar-refractivity contribution is 5.80. The molecule has 1 rings (SSSR count). The van der Waals surface area contributed by atoms with Crippen LogP contribution in [0.2, 0.25) is 0 Å². The summed E-state index contributed by atoms with van der Waals surface area (Å²) in [5, 5.41) is 28.4. The molecule has 5 heteroatoms. The summed E-state index contributed by atoms with van der Waals surface area (Å²) < 4.78 is 0. The Labute approximate surface area is 111 Å². The Bertz CT molecular complexity index is 608. The Morgan fingerprint density at radius 2 is 1.68 bits per heavy atom. The van der Waals surface area contributed by atoms with E-state index in [2.05, 4.69) is 0 Å². The van der Waals surface area contributed by atoms with E-state index >= 15 is 0 Å². The first-order valence-electron chi connectivity index (χ1n) is 5.61. The molecule has 0 atom stereocenters. The van der Waals surface area contributed by atoms with Crippen molar-refractivity contribution in [1.82, 2.24) is 0 Å². The van der Waals surface area contributed by atoms with Crippen LogP contribution in [0.25, 0.3) is 5.57 Å². The van der Waals surface area contributed by atoms with Crippen LogP contribution in [0.1, 0.15) is 31.9 Å². The molecule has 0 radical (unpaired) electrons. The van der Waals surface area contributed by atoms with Gasteiger partial charge in [0.1, 0.15) is 11.6 Å². The molecule has 0 aliphatic carbocycles. The molecule has 1 aromatic carbocycles. The van der Waals surface area contributed by atoms with Gasteiger partial charge in [0, 0.05) is 5.56 Å². The van der Waals surface area contributed by atoms with Crippen LogP contribution in [0.4, 0.5) is 0 Å². The summed E-state index contributed by atoms with van der Waals surface area (Å²) in [6.45, 7) is 6.13. The monoisotopic (exact) mass is 255 g/mol. The SMILES string of the molecule is CC(C)(C)c1ccc(C(C#N)=C(C#N)[N+](=O)[O-])cc1. The fourth-order valence-corrected chi connectivity index (χ4v) is 1.58. The van der Waals surface area contributed by atoms with E-state index in [1.54, 1.807) is 18.2 Å². The Balaban J connectivity index is 3.35. The van der Waals surface area contributed by atoms with Crippen molar-refractivity contribution in [3.63, 3.8) is 0 Å². The van der Waals surface area contributed by atoms with Crippen molar-refractivity contribution in [2.24, 2.45) is 0 Å². The Hall–Kier alpha value is -2.66. The van der Waals surface area contributed by atoms with E-state index in [9.17, 15) is 10.1 Å². The highest BCUT2D eigenvalue weighted by Gasteiger charge is 2.20. The lowest BCUT2D eigenvalue weighted by molar-refractivity contribution is -0.416. The average molecular weight is 255 g/mol. The van der Waals surface area contributed by atoms with Gasteiger partial charge in [-0.3, -0.25) is 10.1 Å². The standard InChI is InChI=1S/C14H13N3O2/c1-14(2,3)11-6-4-10(5-7-11)12(8-15)13(9-16)17(18)19/h4-7H,1-3H3. The van der Waals surface area contributed by atoms with Crippen LogP contribution < -0.4 is 0 Å². The summed E-state index contributed by atoms with van der Waals surface area (Å²) in [4.78, 5) is 9.87. The lowest BCUT2D eigenvalue weighted by Crippen LogP contribution is -2.10. The van der Waals surface area contributed by atoms with E-state index in [4.69, 9.17) is 10.5 Å². The third-order valence-electron chi connectivity index (χ3n) is 2.68. The van der Waals surface area contributed by atoms with E-state index in [-0.39, 0.29) is 11.0 Å². The van der Waals surface area contributed by atoms with Gasteiger partial charge >= 0.3 is 5.70 Å². The number of hydrogen-bond acceptors (Lipinski definition) is 4. The summed E-state index contributed by atoms with van der Waals surface area (Å²) in [7, 11) is 0. The van der Waals surface area contributed by atoms with Gasteiger partial charge in [0.05, 0.1) is 4.92 Å². The van der Waals surface area contributed by atoms with Crippen LogP contribution in [0.3, 0.4) is 0 Å². The smallest absolute Gasteiger partial charge is 0.258 e. The summed E-state index contributed by atoms with van der Waals surface area (Å²) >= 11 is 0. The molecule has 0 spiro atoms. The molecule has 5 nitrogen and oxygen atoms in total. The first-order valence-corrected chi connectivity index (χ1v) is 5.61. The van der Waals surface area contributed by atoms with Crippen LogP contribution in [0, 0.1) is 32.8 Å². The zero-order chi connectivity index (χ0) is 14.6. The highest BCUT2D eigenvalue weighted by Crippen LogP contribution is 2.25. The van der Waals surface area contributed by atoms with Crippen molar-refractivity contribution in [1.29, 1.82) is 10.5 Å². The molecular formula is C14H13N3O2. The summed E-state index contributed by atoms with van der Waals surface area (Å²) in [5.41, 5.74) is 0.437. The average Bonchev–Trinajstić information content (AvgIpc) is 2.34. The summed E-state index contributed by atoms with van der Waals surface area (Å²) in [6.07, 6.45) is 0. The zero-order valence-corrected chi connectivity index (χ0v) is 11.0. The van der Waals surface area contributed by atoms with Gasteiger partial charge in [-0.1, -0.05) is 45.0 Å². The summed E-state index contributed by atoms with van der Waals surface area (Å²) in [6, 6.07) is 10.0. The molecule has 0 saturated carbocycles. The molecule has 0 aliphatic heterocycles. The second-order valence-corrected chi connectivity index (χ2v) is 5.03. The number of hydrogen-bond donors (Lipinski definition) is 0. The fourth-order valence-electron chi connectivity index (χ4n) is 1.58. The third kappa shape index (κ3) is 3.17. The molecule has 0 heterocycles. The van der Waals surface area contributed by atoms with Gasteiger partial charge in [0.15, 0.2) is 6.07 Å². The van der Waals surface area contributed by atoms with E-state index in [1.807, 2.05) is 32.9 Å². The predicted octanol–water partition coefficient (Wildman–Crippen LogP) is 3.02. The van der Waals surface area contributed by atoms with Gasteiger partial charge in [-0.2, -0.15) is 10.5 Å². The number of nitriles is 2. The normalized spacial score (nSPS) is 12.1. The molecule has 1 aromatic rings. The van der Waals surface area contributed by atoms with Gasteiger partial charge in [0.2, 0.25) is 0 Å². The molecule has 0 fully saturated rings. The van der Waals surface area contributed by atoms with Crippen LogP contribution >= 0.6 is 0 Å². The number of nitro groups is 1. The third-order valence-corrected chi connectivity index (χ3v) is 2.68. The lowest BCUT2D eigenvalue weighted by atomic mass is 9.86. The minimum absolute atomic E-state index is 0.0454. The van der Waals surface area contributed by atoms with Crippen molar-refractivity contribution in [3.05, 3.63) is 51.2 Å². The summed E-state index contributed by atoms with van der Waals surface area (Å²) in [5.74, 6) is 0. The minimum Gasteiger partial charge on any atom is -0.258 e. The quantitative estimate of drug-likeness (QED) is 0.461. The van der Waals surface area contributed by atoms with Crippen LogP contribution in [0.15, 0.2) is 30.0 Å². The molecule has 0 aromatic heterocycles. The van der Waals surface area contributed by atoms with Crippen LogP contribution in [-0.2, 0) is 5.41 Å². The number of allylic oxidation sites excluding steroid dienone is 2. The Morgan fingerprint density at radius 1 is 1.16 bits per heavy atom. The van der Waals surface area contributed by atoms with Gasteiger partial charge in [-0.15, -0.1) is 0 Å². The molecular weight excluding hydrogens is 242 g/mol. The van der Waals surface area contributed by atoms with Crippen molar-refractivity contribution in [2.75, 3.05) is 0 Å². The lowest BCUT2D eigenvalue weighted by Gasteiger charge is -2.18. The van der Waals surface area contributed by atoms with Crippen molar-refractivity contribution < 1.29 is 4.92 Å². The predicted molar refractivity (Wildman–Crippen MR) is 70.3 cm³/mol. The minimum atomic E-state index is -0.837. The maximum absolute atomic E-state index is 10.7. The van der Waals surface area contributed by atoms with Crippen molar-refractivity contribution in [3.8, 4) is 12.1 Å². The number of nitrogens with zero attached hydrogens (tertiary/aromatic N) is 3. The van der Waals surface area contributed by atoms with Gasteiger partial charge < -0.3 is 0 Å². The van der Waals surface area contributed by atoms with Crippen LogP contribution in [0.5, 0.6) is 0 Å². The topological polar surface area (TPSA) is 90.7 Å². The molecule has 0 amide bonds. The molecule has 0 saturated heterocycles. The number of rotatable bonds is 2. The molecule has 0 bridgehead atoms. The van der Waals surface area contributed by atoms with Crippen molar-refractivity contribution >= 4 is 5.57 Å². The Kier molecular flexibility index (Phi) is 4.04. The molecule has 96 valence electrons. The molecule has 0 unspecified atom stereocenters. The largest absolute Gasteiger partial charge is 0.363 e. The van der Waals surface area contributed by atoms with Crippen molar-refractivity contribution in [2.45, 2.75) is 26.2 Å².